The van der Waals surface area contributed by atoms with Gasteiger partial charge < -0.3 is 4.90 Å². The van der Waals surface area contributed by atoms with Crippen LogP contribution in [0.15, 0.2) is 35.4 Å². The zero-order chi connectivity index (χ0) is 19.7. The summed E-state index contributed by atoms with van der Waals surface area (Å²) < 4.78 is 29.2. The van der Waals surface area contributed by atoms with Crippen molar-refractivity contribution in [3.63, 3.8) is 0 Å². The van der Waals surface area contributed by atoms with Gasteiger partial charge in [-0.25, -0.2) is 8.42 Å². The Balaban J connectivity index is 1.44. The summed E-state index contributed by atoms with van der Waals surface area (Å²) in [5.41, 5.74) is 2.80. The first-order valence-electron chi connectivity index (χ1n) is 9.93. The van der Waals surface area contributed by atoms with E-state index in [1.54, 1.807) is 23.2 Å². The molecule has 2 aromatic rings. The average Bonchev–Trinajstić information content (AvgIpc) is 3.17. The largest absolute Gasteiger partial charge is 0.336 e. The smallest absolute Gasteiger partial charge is 0.257 e. The SMILES string of the molecule is CCc1ccc(S(=O)(=O)N2CCN(C(=O)c3cnn4c3CCCC4)CC2)cc1. The fourth-order valence-electron chi connectivity index (χ4n) is 3.95. The third-order valence-electron chi connectivity index (χ3n) is 5.71. The van der Waals surface area contributed by atoms with Gasteiger partial charge in [0, 0.05) is 32.7 Å². The predicted molar refractivity (Wildman–Crippen MR) is 106 cm³/mol. The molecule has 150 valence electrons. The molecule has 1 fully saturated rings. The molecule has 1 saturated heterocycles. The van der Waals surface area contributed by atoms with Crippen molar-refractivity contribution in [3.05, 3.63) is 47.3 Å². The first-order valence-corrected chi connectivity index (χ1v) is 11.4. The van der Waals surface area contributed by atoms with Gasteiger partial charge in [-0.3, -0.25) is 9.48 Å². The maximum absolute atomic E-state index is 12.9. The van der Waals surface area contributed by atoms with E-state index < -0.39 is 10.0 Å². The number of carbonyl (C=O) groups is 1. The Morgan fingerprint density at radius 3 is 2.43 bits per heavy atom. The summed E-state index contributed by atoms with van der Waals surface area (Å²) >= 11 is 0. The van der Waals surface area contributed by atoms with Crippen LogP contribution in [0.3, 0.4) is 0 Å². The molecule has 2 aliphatic rings. The molecule has 1 aromatic carbocycles. The second-order valence-electron chi connectivity index (χ2n) is 7.38. The van der Waals surface area contributed by atoms with Gasteiger partial charge in [-0.05, 0) is 43.4 Å². The summed E-state index contributed by atoms with van der Waals surface area (Å²) in [5.74, 6) is -0.0347. The molecular formula is C20H26N4O3S. The molecule has 0 aliphatic carbocycles. The summed E-state index contributed by atoms with van der Waals surface area (Å²) in [6.07, 6.45) is 5.59. The zero-order valence-corrected chi connectivity index (χ0v) is 17.0. The number of carbonyl (C=O) groups excluding carboxylic acids is 1. The van der Waals surface area contributed by atoms with Gasteiger partial charge in [-0.15, -0.1) is 0 Å². The number of hydrogen-bond acceptors (Lipinski definition) is 4. The van der Waals surface area contributed by atoms with Crippen LogP contribution >= 0.6 is 0 Å². The molecule has 0 unspecified atom stereocenters. The number of hydrogen-bond donors (Lipinski definition) is 0. The number of sulfonamides is 1. The van der Waals surface area contributed by atoms with Gasteiger partial charge >= 0.3 is 0 Å². The van der Waals surface area contributed by atoms with E-state index in [9.17, 15) is 13.2 Å². The Morgan fingerprint density at radius 2 is 1.75 bits per heavy atom. The minimum Gasteiger partial charge on any atom is -0.336 e. The molecule has 1 aromatic heterocycles. The standard InChI is InChI=1S/C20H26N4O3S/c1-2-16-6-8-17(9-7-16)28(26,27)23-13-11-22(12-14-23)20(25)18-15-21-24-10-4-3-5-19(18)24/h6-9,15H,2-5,10-14H2,1H3. The third-order valence-corrected chi connectivity index (χ3v) is 7.62. The molecule has 8 heteroatoms. The maximum Gasteiger partial charge on any atom is 0.257 e. The second kappa shape index (κ2) is 7.67. The van der Waals surface area contributed by atoms with Crippen molar-refractivity contribution in [2.24, 2.45) is 0 Å². The van der Waals surface area contributed by atoms with Gasteiger partial charge in [0.05, 0.1) is 22.3 Å². The first-order chi connectivity index (χ1) is 13.5. The molecule has 0 atom stereocenters. The van der Waals surface area contributed by atoms with Gasteiger partial charge in [0.15, 0.2) is 0 Å². The number of aryl methyl sites for hydroxylation is 2. The summed E-state index contributed by atoms with van der Waals surface area (Å²) in [4.78, 5) is 15.0. The summed E-state index contributed by atoms with van der Waals surface area (Å²) in [5, 5.41) is 4.34. The van der Waals surface area contributed by atoms with Gasteiger partial charge in [-0.1, -0.05) is 19.1 Å². The van der Waals surface area contributed by atoms with E-state index in [2.05, 4.69) is 5.10 Å². The third kappa shape index (κ3) is 3.46. The van der Waals surface area contributed by atoms with Gasteiger partial charge in [0.25, 0.3) is 5.91 Å². The maximum atomic E-state index is 12.9. The lowest BCUT2D eigenvalue weighted by molar-refractivity contribution is 0.0696. The Hall–Kier alpha value is -2.19. The van der Waals surface area contributed by atoms with E-state index >= 15 is 0 Å². The number of rotatable bonds is 4. The van der Waals surface area contributed by atoms with E-state index in [-0.39, 0.29) is 5.91 Å². The van der Waals surface area contributed by atoms with E-state index in [1.165, 1.54) is 4.31 Å². The fourth-order valence-corrected chi connectivity index (χ4v) is 5.37. The van der Waals surface area contributed by atoms with Gasteiger partial charge in [0.2, 0.25) is 10.0 Å². The van der Waals surface area contributed by atoms with Crippen LogP contribution in [0, 0.1) is 0 Å². The van der Waals surface area contributed by atoms with Crippen LogP contribution in [-0.4, -0.2) is 59.5 Å². The van der Waals surface area contributed by atoms with E-state index in [0.29, 0.717) is 36.6 Å². The molecule has 1 amide bonds. The Morgan fingerprint density at radius 1 is 1.04 bits per heavy atom. The molecular weight excluding hydrogens is 376 g/mol. The molecule has 3 heterocycles. The minimum absolute atomic E-state index is 0.0347. The minimum atomic E-state index is -3.53. The summed E-state index contributed by atoms with van der Waals surface area (Å²) in [6.45, 7) is 4.33. The number of amides is 1. The van der Waals surface area contributed by atoms with Crippen molar-refractivity contribution in [3.8, 4) is 0 Å². The van der Waals surface area contributed by atoms with E-state index in [0.717, 1.165) is 43.5 Å². The molecule has 4 rings (SSSR count). The monoisotopic (exact) mass is 402 g/mol. The highest BCUT2D eigenvalue weighted by Gasteiger charge is 2.32. The van der Waals surface area contributed by atoms with Crippen molar-refractivity contribution in [2.45, 2.75) is 44.0 Å². The molecule has 0 spiro atoms. The predicted octanol–water partition coefficient (Wildman–Crippen LogP) is 1.93. The Kier molecular flexibility index (Phi) is 5.25. The van der Waals surface area contributed by atoms with Crippen molar-refractivity contribution < 1.29 is 13.2 Å². The molecule has 0 saturated carbocycles. The molecule has 0 N–H and O–H groups in total. The summed E-state index contributed by atoms with van der Waals surface area (Å²) in [7, 11) is -3.53. The van der Waals surface area contributed by atoms with Crippen LogP contribution in [-0.2, 0) is 29.4 Å². The van der Waals surface area contributed by atoms with Crippen molar-refractivity contribution in [1.29, 1.82) is 0 Å². The lowest BCUT2D eigenvalue weighted by Crippen LogP contribution is -2.50. The van der Waals surface area contributed by atoms with Crippen LogP contribution in [0.25, 0.3) is 0 Å². The number of fused-ring (bicyclic) bond motifs is 1. The van der Waals surface area contributed by atoms with Crippen molar-refractivity contribution in [1.82, 2.24) is 19.0 Å². The topological polar surface area (TPSA) is 75.5 Å². The highest BCUT2D eigenvalue weighted by molar-refractivity contribution is 7.89. The first kappa shape index (κ1) is 19.1. The molecule has 0 radical (unpaired) electrons. The summed E-state index contributed by atoms with van der Waals surface area (Å²) in [6, 6.07) is 7.06. The molecule has 7 nitrogen and oxygen atoms in total. The number of piperazine rings is 1. The number of aromatic nitrogens is 2. The van der Waals surface area contributed by atoms with Gasteiger partial charge in [-0.2, -0.15) is 9.40 Å². The highest BCUT2D eigenvalue weighted by atomic mass is 32.2. The quantitative estimate of drug-likeness (QED) is 0.783. The highest BCUT2D eigenvalue weighted by Crippen LogP contribution is 2.22. The van der Waals surface area contributed by atoms with Crippen LogP contribution in [0.2, 0.25) is 0 Å². The van der Waals surface area contributed by atoms with E-state index in [4.69, 9.17) is 0 Å². The normalized spacial score (nSPS) is 18.1. The van der Waals surface area contributed by atoms with Crippen LogP contribution in [0.1, 0.15) is 41.4 Å². The molecule has 2 aliphatic heterocycles. The Labute approximate surface area is 166 Å². The van der Waals surface area contributed by atoms with Crippen molar-refractivity contribution in [2.75, 3.05) is 26.2 Å². The lowest BCUT2D eigenvalue weighted by atomic mass is 10.1. The van der Waals surface area contributed by atoms with Crippen molar-refractivity contribution >= 4 is 15.9 Å². The van der Waals surface area contributed by atoms with Crippen LogP contribution in [0.4, 0.5) is 0 Å². The van der Waals surface area contributed by atoms with Gasteiger partial charge in [0.1, 0.15) is 0 Å². The molecule has 28 heavy (non-hydrogen) atoms. The Bertz CT molecular complexity index is 958. The van der Waals surface area contributed by atoms with Crippen LogP contribution < -0.4 is 0 Å². The zero-order valence-electron chi connectivity index (χ0n) is 16.2. The van der Waals surface area contributed by atoms with Crippen LogP contribution in [0.5, 0.6) is 0 Å². The average molecular weight is 403 g/mol. The second-order valence-corrected chi connectivity index (χ2v) is 9.32. The lowest BCUT2D eigenvalue weighted by Gasteiger charge is -2.34. The molecule has 0 bridgehead atoms. The number of benzene rings is 1. The fraction of sp³-hybridized carbons (Fsp3) is 0.500. The van der Waals surface area contributed by atoms with E-state index in [1.807, 2.05) is 23.7 Å². The number of nitrogens with zero attached hydrogens (tertiary/aromatic N) is 4.